The van der Waals surface area contributed by atoms with Gasteiger partial charge in [-0.3, -0.25) is 0 Å². The maximum Gasteiger partial charge on any atom is 0.208 e. The fourth-order valence-corrected chi connectivity index (χ4v) is 3.88. The Kier molecular flexibility index (Phi) is 4.53. The van der Waals surface area contributed by atoms with Crippen LogP contribution >= 0.6 is 11.8 Å². The van der Waals surface area contributed by atoms with E-state index in [9.17, 15) is 0 Å². The van der Waals surface area contributed by atoms with Crippen molar-refractivity contribution in [3.05, 3.63) is 65.2 Å². The average molecular weight is 312 g/mol. The van der Waals surface area contributed by atoms with Crippen LogP contribution in [0.5, 0.6) is 5.75 Å². The van der Waals surface area contributed by atoms with Crippen molar-refractivity contribution >= 4 is 16.8 Å². The molecule has 2 nitrogen and oxygen atoms in total. The number of rotatable bonds is 4. The van der Waals surface area contributed by atoms with Crippen LogP contribution in [0.25, 0.3) is 0 Å². The number of thioether (sulfide) groups is 1. The zero-order chi connectivity index (χ0) is 15.5. The van der Waals surface area contributed by atoms with Crippen molar-refractivity contribution in [2.24, 2.45) is 0 Å². The van der Waals surface area contributed by atoms with Gasteiger partial charge >= 0.3 is 0 Å². The first-order valence-electron chi connectivity index (χ1n) is 7.62. The maximum absolute atomic E-state index is 5.29. The lowest BCUT2D eigenvalue weighted by Crippen LogP contribution is -2.21. The van der Waals surface area contributed by atoms with Gasteiger partial charge in [0.15, 0.2) is 6.54 Å². The molecule has 3 heteroatoms. The number of methoxy groups -OCH3 is 1. The molecule has 0 saturated heterocycles. The summed E-state index contributed by atoms with van der Waals surface area (Å²) >= 11 is 1.95. The second-order valence-corrected chi connectivity index (χ2v) is 6.93. The van der Waals surface area contributed by atoms with Crippen LogP contribution in [0.15, 0.2) is 48.5 Å². The molecule has 0 radical (unpaired) electrons. The molecule has 1 aliphatic rings. The molecule has 0 spiro atoms. The van der Waals surface area contributed by atoms with Gasteiger partial charge in [-0.05, 0) is 31.2 Å². The van der Waals surface area contributed by atoms with Crippen molar-refractivity contribution in [2.45, 2.75) is 19.9 Å². The lowest BCUT2D eigenvalue weighted by molar-refractivity contribution is -0.553. The summed E-state index contributed by atoms with van der Waals surface area (Å²) in [7, 11) is 1.71. The van der Waals surface area contributed by atoms with Crippen molar-refractivity contribution in [3.63, 3.8) is 0 Å². The molecule has 2 aromatic carbocycles. The zero-order valence-corrected chi connectivity index (χ0v) is 14.2. The van der Waals surface area contributed by atoms with Crippen LogP contribution in [0.4, 0.5) is 0 Å². The monoisotopic (exact) mass is 312 g/mol. The molecule has 1 aliphatic heterocycles. The molecule has 22 heavy (non-hydrogen) atoms. The van der Waals surface area contributed by atoms with E-state index in [1.807, 2.05) is 11.8 Å². The Hall–Kier alpha value is -1.74. The van der Waals surface area contributed by atoms with Crippen LogP contribution in [0, 0.1) is 6.92 Å². The minimum absolute atomic E-state index is 0.279. The summed E-state index contributed by atoms with van der Waals surface area (Å²) in [4.78, 5) is 0. The van der Waals surface area contributed by atoms with Crippen LogP contribution in [0.1, 0.15) is 29.7 Å². The summed E-state index contributed by atoms with van der Waals surface area (Å²) in [5, 5.41) is 1.40. The van der Waals surface area contributed by atoms with Crippen molar-refractivity contribution < 1.29 is 9.31 Å². The Labute approximate surface area is 136 Å². The van der Waals surface area contributed by atoms with E-state index in [1.165, 1.54) is 27.5 Å². The number of hydrogen-bond acceptors (Lipinski definition) is 2. The lowest BCUT2D eigenvalue weighted by atomic mass is 9.97. The number of hydrogen-bond donors (Lipinski definition) is 0. The Morgan fingerprint density at radius 3 is 2.05 bits per heavy atom. The first kappa shape index (κ1) is 15.2. The molecule has 0 N–H and O–H groups in total. The van der Waals surface area contributed by atoms with Gasteiger partial charge in [-0.2, -0.15) is 0 Å². The van der Waals surface area contributed by atoms with Crippen LogP contribution in [-0.4, -0.2) is 29.0 Å². The third-order valence-electron chi connectivity index (χ3n) is 4.18. The molecule has 3 rings (SSSR count). The van der Waals surface area contributed by atoms with Crippen LogP contribution < -0.4 is 4.74 Å². The third-order valence-corrected chi connectivity index (χ3v) is 5.22. The summed E-state index contributed by atoms with van der Waals surface area (Å²) in [6.45, 7) is 5.46. The molecule has 0 amide bonds. The van der Waals surface area contributed by atoms with E-state index in [0.29, 0.717) is 0 Å². The summed E-state index contributed by atoms with van der Waals surface area (Å²) in [6, 6.07) is 17.6. The predicted molar refractivity (Wildman–Crippen MR) is 94.3 cm³/mol. The van der Waals surface area contributed by atoms with E-state index in [2.05, 4.69) is 67.0 Å². The fourth-order valence-electron chi connectivity index (χ4n) is 2.93. The second kappa shape index (κ2) is 6.57. The number of aryl methyl sites for hydroxylation is 1. The van der Waals surface area contributed by atoms with Gasteiger partial charge in [-0.15, -0.1) is 0 Å². The average Bonchev–Trinajstić information content (AvgIpc) is 2.96. The van der Waals surface area contributed by atoms with E-state index in [0.717, 1.165) is 12.3 Å². The smallest absolute Gasteiger partial charge is 0.208 e. The van der Waals surface area contributed by atoms with E-state index >= 15 is 0 Å². The first-order chi connectivity index (χ1) is 10.7. The number of benzene rings is 2. The topological polar surface area (TPSA) is 12.2 Å². The third kappa shape index (κ3) is 3.05. The zero-order valence-electron chi connectivity index (χ0n) is 13.4. The van der Waals surface area contributed by atoms with Crippen LogP contribution in [0.3, 0.4) is 0 Å². The molecule has 0 bridgehead atoms. The molecule has 114 valence electrons. The van der Waals surface area contributed by atoms with E-state index in [4.69, 9.17) is 4.74 Å². The second-order valence-electron chi connectivity index (χ2n) is 5.65. The van der Waals surface area contributed by atoms with Gasteiger partial charge in [0.1, 0.15) is 5.75 Å². The summed E-state index contributed by atoms with van der Waals surface area (Å²) < 4.78 is 7.81. The van der Waals surface area contributed by atoms with E-state index in [-0.39, 0.29) is 6.04 Å². The summed E-state index contributed by atoms with van der Waals surface area (Å²) in [6.07, 6.45) is 0. The minimum Gasteiger partial charge on any atom is -0.497 e. The van der Waals surface area contributed by atoms with Gasteiger partial charge in [0.25, 0.3) is 0 Å². The van der Waals surface area contributed by atoms with Gasteiger partial charge < -0.3 is 4.74 Å². The Morgan fingerprint density at radius 1 is 0.955 bits per heavy atom. The fraction of sp³-hybridized carbons (Fsp3) is 0.316. The Bertz CT molecular complexity index is 674. The largest absolute Gasteiger partial charge is 0.497 e. The van der Waals surface area contributed by atoms with Gasteiger partial charge in [0, 0.05) is 18.1 Å². The molecule has 2 aromatic rings. The highest BCUT2D eigenvalue weighted by molar-refractivity contribution is 8.13. The van der Waals surface area contributed by atoms with Crippen molar-refractivity contribution in [2.75, 3.05) is 19.4 Å². The highest BCUT2D eigenvalue weighted by atomic mass is 32.2. The van der Waals surface area contributed by atoms with E-state index < -0.39 is 0 Å². The molecule has 0 aliphatic carbocycles. The highest BCUT2D eigenvalue weighted by Crippen LogP contribution is 2.31. The molecule has 0 saturated carbocycles. The maximum atomic E-state index is 5.29. The van der Waals surface area contributed by atoms with Gasteiger partial charge in [-0.1, -0.05) is 41.6 Å². The first-order valence-corrected chi connectivity index (χ1v) is 8.61. The predicted octanol–water partition coefficient (Wildman–Crippen LogP) is 4.27. The molecule has 0 fully saturated rings. The molecule has 1 atom stereocenters. The Morgan fingerprint density at radius 2 is 1.55 bits per heavy atom. The SMILES string of the molecule is COc1ccc(C(c2ccc(C)cc2)[N+]2=C(C)SCC2)cc1. The normalized spacial score (nSPS) is 16.0. The molecular formula is C19H22NOS+. The summed E-state index contributed by atoms with van der Waals surface area (Å²) in [5.74, 6) is 2.08. The van der Waals surface area contributed by atoms with Crippen LogP contribution in [-0.2, 0) is 0 Å². The lowest BCUT2D eigenvalue weighted by Gasteiger charge is -2.16. The highest BCUT2D eigenvalue weighted by Gasteiger charge is 2.31. The van der Waals surface area contributed by atoms with Gasteiger partial charge in [0.05, 0.1) is 12.9 Å². The van der Waals surface area contributed by atoms with Gasteiger partial charge in [-0.25, -0.2) is 4.58 Å². The van der Waals surface area contributed by atoms with Crippen LogP contribution in [0.2, 0.25) is 0 Å². The molecule has 1 unspecified atom stereocenters. The molecule has 1 heterocycles. The Balaban J connectivity index is 2.05. The quantitative estimate of drug-likeness (QED) is 0.782. The standard InChI is InChI=1S/C19H22NOS/c1-14-4-6-16(7-5-14)19(20-12-13-22-15(20)2)17-8-10-18(21-3)11-9-17/h4-11,19H,12-13H2,1-3H3/q+1. The number of ether oxygens (including phenoxy) is 1. The van der Waals surface area contributed by atoms with Crippen molar-refractivity contribution in [1.82, 2.24) is 0 Å². The van der Waals surface area contributed by atoms with E-state index in [1.54, 1.807) is 7.11 Å². The minimum atomic E-state index is 0.279. The van der Waals surface area contributed by atoms with Crippen molar-refractivity contribution in [3.8, 4) is 5.75 Å². The van der Waals surface area contributed by atoms with Gasteiger partial charge in [0.2, 0.25) is 11.1 Å². The number of nitrogens with zero attached hydrogens (tertiary/aromatic N) is 1. The summed E-state index contributed by atoms with van der Waals surface area (Å²) in [5.41, 5.74) is 3.96. The molecule has 0 aromatic heterocycles. The molecular weight excluding hydrogens is 290 g/mol. The van der Waals surface area contributed by atoms with Crippen molar-refractivity contribution in [1.29, 1.82) is 0 Å².